The Morgan fingerprint density at radius 2 is 2.00 bits per heavy atom. The third-order valence-electron chi connectivity index (χ3n) is 2.55. The van der Waals surface area contributed by atoms with Gasteiger partial charge in [-0.3, -0.25) is 0 Å². The number of hydrogen-bond acceptors (Lipinski definition) is 1. The second-order valence-electron chi connectivity index (χ2n) is 3.85. The van der Waals surface area contributed by atoms with E-state index in [0.29, 0.717) is 5.92 Å². The van der Waals surface area contributed by atoms with E-state index < -0.39 is 0 Å². The summed E-state index contributed by atoms with van der Waals surface area (Å²) in [4.78, 5) is 0. The minimum Gasteiger partial charge on any atom is -0.165 e. The van der Waals surface area contributed by atoms with Crippen molar-refractivity contribution in [2.24, 2.45) is 5.92 Å². The average molecular weight is 243 g/mol. The van der Waals surface area contributed by atoms with Gasteiger partial charge in [-0.1, -0.05) is 30.3 Å². The normalized spacial score (nSPS) is 12.7. The first-order valence-electron chi connectivity index (χ1n) is 5.45. The van der Waals surface area contributed by atoms with Gasteiger partial charge >= 0.3 is 0 Å². The number of benzene rings is 1. The van der Waals surface area contributed by atoms with Crippen LogP contribution in [0.5, 0.6) is 0 Å². The minimum absolute atomic E-state index is 0.640. The smallest absolute Gasteiger partial charge is 0.0254 e. The molecule has 2 heteroatoms. The first-order chi connectivity index (χ1) is 7.36. The molecule has 0 aliphatic heterocycles. The maximum atomic E-state index is 5.99. The number of rotatable bonds is 7. The second-order valence-corrected chi connectivity index (χ2v) is 5.14. The Labute approximate surface area is 102 Å². The summed E-state index contributed by atoms with van der Waals surface area (Å²) in [5.74, 6) is 2.67. The molecule has 0 radical (unpaired) electrons. The Bertz CT molecular complexity index is 248. The molecule has 1 atom stereocenters. The number of hydrogen-bond donors (Lipinski definition) is 0. The lowest BCUT2D eigenvalue weighted by atomic mass is 9.97. The van der Waals surface area contributed by atoms with Gasteiger partial charge in [-0.2, -0.15) is 11.8 Å². The summed E-state index contributed by atoms with van der Waals surface area (Å²) in [5, 5.41) is 0. The van der Waals surface area contributed by atoms with Crippen molar-refractivity contribution >= 4 is 23.4 Å². The summed E-state index contributed by atoms with van der Waals surface area (Å²) in [6.45, 7) is 0. The predicted octanol–water partition coefficient (Wildman–Crippen LogP) is 4.23. The summed E-state index contributed by atoms with van der Waals surface area (Å²) >= 11 is 7.91. The summed E-state index contributed by atoms with van der Waals surface area (Å²) in [7, 11) is 0. The van der Waals surface area contributed by atoms with E-state index in [0.717, 1.165) is 12.3 Å². The molecule has 84 valence electrons. The van der Waals surface area contributed by atoms with E-state index >= 15 is 0 Å². The van der Waals surface area contributed by atoms with Crippen molar-refractivity contribution in [2.45, 2.75) is 19.3 Å². The molecule has 0 nitrogen and oxygen atoms in total. The molecule has 0 saturated heterocycles. The number of halogens is 1. The van der Waals surface area contributed by atoms with E-state index in [2.05, 4.69) is 36.6 Å². The van der Waals surface area contributed by atoms with Crippen LogP contribution in [0.25, 0.3) is 0 Å². The molecule has 0 spiro atoms. The van der Waals surface area contributed by atoms with Crippen molar-refractivity contribution in [2.75, 3.05) is 17.9 Å². The van der Waals surface area contributed by atoms with E-state index in [1.54, 1.807) is 0 Å². The van der Waals surface area contributed by atoms with E-state index in [1.807, 2.05) is 11.8 Å². The van der Waals surface area contributed by atoms with Crippen LogP contribution in [-0.2, 0) is 6.42 Å². The minimum atomic E-state index is 0.640. The maximum Gasteiger partial charge on any atom is 0.0254 e. The molecule has 0 aliphatic carbocycles. The van der Waals surface area contributed by atoms with Crippen LogP contribution in [0, 0.1) is 5.92 Å². The molecule has 0 amide bonds. The molecule has 0 aliphatic rings. The summed E-state index contributed by atoms with van der Waals surface area (Å²) in [6, 6.07) is 10.6. The molecule has 0 fully saturated rings. The number of thioether (sulfide) groups is 1. The zero-order chi connectivity index (χ0) is 10.9. The van der Waals surface area contributed by atoms with Crippen LogP contribution >= 0.6 is 23.4 Å². The van der Waals surface area contributed by atoms with Gasteiger partial charge in [0.1, 0.15) is 0 Å². The molecule has 0 aromatic heterocycles. The van der Waals surface area contributed by atoms with Gasteiger partial charge in [0.15, 0.2) is 0 Å². The van der Waals surface area contributed by atoms with Crippen molar-refractivity contribution in [3.05, 3.63) is 35.9 Å². The average Bonchev–Trinajstić information content (AvgIpc) is 2.29. The topological polar surface area (TPSA) is 0 Å². The summed E-state index contributed by atoms with van der Waals surface area (Å²) < 4.78 is 0. The van der Waals surface area contributed by atoms with Gasteiger partial charge < -0.3 is 0 Å². The van der Waals surface area contributed by atoms with Gasteiger partial charge in [0.05, 0.1) is 0 Å². The lowest BCUT2D eigenvalue weighted by Crippen LogP contribution is -2.06. The lowest BCUT2D eigenvalue weighted by Gasteiger charge is -2.13. The van der Waals surface area contributed by atoms with Crippen LogP contribution in [0.15, 0.2) is 30.3 Å². The highest BCUT2D eigenvalue weighted by Crippen LogP contribution is 2.16. The van der Waals surface area contributed by atoms with Crippen LogP contribution in [0.3, 0.4) is 0 Å². The van der Waals surface area contributed by atoms with Crippen molar-refractivity contribution in [1.82, 2.24) is 0 Å². The van der Waals surface area contributed by atoms with Crippen molar-refractivity contribution in [1.29, 1.82) is 0 Å². The van der Waals surface area contributed by atoms with Gasteiger partial charge in [0.2, 0.25) is 0 Å². The molecule has 1 aromatic rings. The molecular formula is C13H19ClS. The highest BCUT2D eigenvalue weighted by molar-refractivity contribution is 7.98. The number of alkyl halides is 1. The van der Waals surface area contributed by atoms with Crippen LogP contribution < -0.4 is 0 Å². The van der Waals surface area contributed by atoms with Gasteiger partial charge in [-0.25, -0.2) is 0 Å². The molecule has 1 aromatic carbocycles. The first-order valence-corrected chi connectivity index (χ1v) is 7.38. The Kier molecular flexibility index (Phi) is 6.95. The third-order valence-corrected chi connectivity index (χ3v) is 3.68. The Hall–Kier alpha value is -0.140. The van der Waals surface area contributed by atoms with E-state index in [-0.39, 0.29) is 0 Å². The van der Waals surface area contributed by atoms with Crippen molar-refractivity contribution in [3.8, 4) is 0 Å². The monoisotopic (exact) mass is 242 g/mol. The largest absolute Gasteiger partial charge is 0.165 e. The van der Waals surface area contributed by atoms with Crippen LogP contribution in [0.1, 0.15) is 18.4 Å². The lowest BCUT2D eigenvalue weighted by molar-refractivity contribution is 0.531. The highest BCUT2D eigenvalue weighted by Gasteiger charge is 2.07. The van der Waals surface area contributed by atoms with Crippen LogP contribution in [-0.4, -0.2) is 17.9 Å². The van der Waals surface area contributed by atoms with E-state index in [9.17, 15) is 0 Å². The molecule has 0 N–H and O–H groups in total. The Balaban J connectivity index is 2.33. The predicted molar refractivity (Wildman–Crippen MR) is 72.0 cm³/mol. The molecule has 1 rings (SSSR count). The van der Waals surface area contributed by atoms with E-state index in [4.69, 9.17) is 11.6 Å². The third kappa shape index (κ3) is 5.48. The fourth-order valence-corrected chi connectivity index (χ4v) is 2.42. The highest BCUT2D eigenvalue weighted by atomic mass is 35.5. The fourth-order valence-electron chi connectivity index (χ4n) is 1.70. The Morgan fingerprint density at radius 1 is 1.27 bits per heavy atom. The second kappa shape index (κ2) is 8.06. The summed E-state index contributed by atoms with van der Waals surface area (Å²) in [6.07, 6.45) is 5.82. The van der Waals surface area contributed by atoms with Gasteiger partial charge in [0, 0.05) is 5.88 Å². The van der Waals surface area contributed by atoms with E-state index in [1.165, 1.54) is 24.2 Å². The van der Waals surface area contributed by atoms with Crippen LogP contribution in [0.2, 0.25) is 0 Å². The zero-order valence-electron chi connectivity index (χ0n) is 9.29. The molecule has 0 saturated carbocycles. The van der Waals surface area contributed by atoms with Crippen molar-refractivity contribution in [3.63, 3.8) is 0 Å². The van der Waals surface area contributed by atoms with Gasteiger partial charge in [-0.15, -0.1) is 11.6 Å². The zero-order valence-corrected chi connectivity index (χ0v) is 10.9. The molecule has 0 bridgehead atoms. The molecule has 0 heterocycles. The standard InChI is InChI=1S/C13H19ClS/c1-15-9-5-8-13(11-14)10-12-6-3-2-4-7-12/h2-4,6-7,13H,5,8-11H2,1H3. The SMILES string of the molecule is CSCCCC(CCl)Cc1ccccc1. The van der Waals surface area contributed by atoms with Gasteiger partial charge in [0.25, 0.3) is 0 Å². The van der Waals surface area contributed by atoms with Crippen LogP contribution in [0.4, 0.5) is 0 Å². The van der Waals surface area contributed by atoms with Crippen molar-refractivity contribution < 1.29 is 0 Å². The fraction of sp³-hybridized carbons (Fsp3) is 0.538. The molecule has 15 heavy (non-hydrogen) atoms. The Morgan fingerprint density at radius 3 is 2.60 bits per heavy atom. The maximum absolute atomic E-state index is 5.99. The quantitative estimate of drug-likeness (QED) is 0.510. The molecular weight excluding hydrogens is 224 g/mol. The van der Waals surface area contributed by atoms with Gasteiger partial charge in [-0.05, 0) is 42.8 Å². The summed E-state index contributed by atoms with van der Waals surface area (Å²) in [5.41, 5.74) is 1.41. The first kappa shape index (κ1) is 12.9. The molecule has 1 unspecified atom stereocenters.